The van der Waals surface area contributed by atoms with E-state index in [0.29, 0.717) is 5.52 Å². The van der Waals surface area contributed by atoms with E-state index >= 15 is 0 Å². The third-order valence-electron chi connectivity index (χ3n) is 1.99. The molecule has 1 aromatic heterocycles. The Kier molecular flexibility index (Phi) is 2.13. The predicted molar refractivity (Wildman–Crippen MR) is 56.8 cm³/mol. The van der Waals surface area contributed by atoms with Crippen LogP contribution in [0.4, 0.5) is 0 Å². The third-order valence-corrected chi connectivity index (χ3v) is 2.66. The highest BCUT2D eigenvalue weighted by Crippen LogP contribution is 2.31. The molecule has 0 bridgehead atoms. The Morgan fingerprint density at radius 1 is 1.43 bits per heavy atom. The molecule has 0 fully saturated rings. The Labute approximate surface area is 89.8 Å². The van der Waals surface area contributed by atoms with Crippen LogP contribution in [-0.4, -0.2) is 10.9 Å². The van der Waals surface area contributed by atoms with Crippen molar-refractivity contribution in [1.29, 1.82) is 0 Å². The number of aromatic nitrogens is 1. The second-order valence-corrected chi connectivity index (χ2v) is 3.64. The summed E-state index contributed by atoms with van der Waals surface area (Å²) in [4.78, 5) is 14.0. The van der Waals surface area contributed by atoms with Gasteiger partial charge in [-0.25, -0.2) is 0 Å². The van der Waals surface area contributed by atoms with Crippen LogP contribution in [0.15, 0.2) is 18.3 Å². The minimum absolute atomic E-state index is 0.156. The molecule has 2 rings (SSSR count). The Bertz CT molecular complexity index is 519. The minimum atomic E-state index is -0.628. The number of fused-ring (bicyclic) bond motifs is 1. The topological polar surface area (TPSA) is 58.9 Å². The molecule has 1 amide bonds. The molecule has 1 aromatic carbocycles. The Morgan fingerprint density at radius 2 is 2.14 bits per heavy atom. The number of rotatable bonds is 1. The molecule has 2 aromatic rings. The summed E-state index contributed by atoms with van der Waals surface area (Å²) in [6, 6.07) is 3.47. The van der Waals surface area contributed by atoms with Crippen LogP contribution in [0.5, 0.6) is 0 Å². The smallest absolute Gasteiger partial charge is 0.251 e. The Balaban J connectivity index is 2.89. The van der Waals surface area contributed by atoms with Crippen molar-refractivity contribution in [3.05, 3.63) is 33.9 Å². The maximum absolute atomic E-state index is 11.0. The number of amides is 1. The molecule has 0 aliphatic heterocycles. The first kappa shape index (κ1) is 9.37. The summed E-state index contributed by atoms with van der Waals surface area (Å²) in [7, 11) is 0. The minimum Gasteiger partial charge on any atom is -0.366 e. The molecular weight excluding hydrogens is 223 g/mol. The number of carbonyl (C=O) groups is 1. The molecule has 5 heteroatoms. The largest absolute Gasteiger partial charge is 0.366 e. The first-order valence-corrected chi connectivity index (χ1v) is 4.61. The van der Waals surface area contributed by atoms with Gasteiger partial charge in [-0.3, -0.25) is 4.79 Å². The molecule has 0 unspecified atom stereocenters. The summed E-state index contributed by atoms with van der Waals surface area (Å²) in [6.07, 6.45) is 1.72. The van der Waals surface area contributed by atoms with Crippen LogP contribution >= 0.6 is 23.2 Å². The van der Waals surface area contributed by atoms with E-state index in [-0.39, 0.29) is 15.6 Å². The van der Waals surface area contributed by atoms with E-state index in [0.717, 1.165) is 5.39 Å². The van der Waals surface area contributed by atoms with E-state index in [9.17, 15) is 4.79 Å². The van der Waals surface area contributed by atoms with Crippen molar-refractivity contribution in [2.75, 3.05) is 0 Å². The van der Waals surface area contributed by atoms with Crippen LogP contribution in [0, 0.1) is 0 Å². The second-order valence-electron chi connectivity index (χ2n) is 2.85. The lowest BCUT2D eigenvalue weighted by Crippen LogP contribution is -2.12. The van der Waals surface area contributed by atoms with E-state index in [2.05, 4.69) is 4.98 Å². The van der Waals surface area contributed by atoms with Crippen LogP contribution in [0.25, 0.3) is 10.9 Å². The number of nitrogens with two attached hydrogens (primary N) is 1. The second kappa shape index (κ2) is 3.19. The molecular formula is C9H6Cl2N2O. The molecule has 0 aliphatic rings. The van der Waals surface area contributed by atoms with Crippen molar-refractivity contribution in [2.24, 2.45) is 5.73 Å². The number of H-pyrrole nitrogens is 1. The zero-order valence-corrected chi connectivity index (χ0v) is 8.49. The van der Waals surface area contributed by atoms with E-state index in [1.165, 1.54) is 0 Å². The molecule has 0 saturated carbocycles. The number of aromatic amines is 1. The summed E-state index contributed by atoms with van der Waals surface area (Å²) in [6.45, 7) is 0. The van der Waals surface area contributed by atoms with Gasteiger partial charge in [0.2, 0.25) is 0 Å². The summed E-state index contributed by atoms with van der Waals surface area (Å²) >= 11 is 11.8. The molecule has 3 nitrogen and oxygen atoms in total. The van der Waals surface area contributed by atoms with Gasteiger partial charge in [-0.05, 0) is 12.1 Å². The standard InChI is InChI=1S/C9H6Cl2N2O/c10-5-3-4-1-2-13-8(4)7(11)6(5)9(12)14/h1-3,13H,(H2,12,14). The van der Waals surface area contributed by atoms with Crippen molar-refractivity contribution >= 4 is 40.0 Å². The highest BCUT2D eigenvalue weighted by molar-refractivity contribution is 6.43. The highest BCUT2D eigenvalue weighted by atomic mass is 35.5. The SMILES string of the molecule is NC(=O)c1c(Cl)cc2cc[nH]c2c1Cl. The monoisotopic (exact) mass is 228 g/mol. The van der Waals surface area contributed by atoms with Crippen LogP contribution in [0.3, 0.4) is 0 Å². The maximum atomic E-state index is 11.0. The number of benzene rings is 1. The average molecular weight is 229 g/mol. The quantitative estimate of drug-likeness (QED) is 0.775. The summed E-state index contributed by atoms with van der Waals surface area (Å²) in [5.74, 6) is -0.628. The normalized spacial score (nSPS) is 10.7. The third kappa shape index (κ3) is 1.25. The Hall–Kier alpha value is -1.19. The lowest BCUT2D eigenvalue weighted by atomic mass is 10.1. The molecule has 72 valence electrons. The number of halogens is 2. The maximum Gasteiger partial charge on any atom is 0.251 e. The van der Waals surface area contributed by atoms with E-state index in [1.54, 1.807) is 12.3 Å². The number of hydrogen-bond donors (Lipinski definition) is 2. The van der Waals surface area contributed by atoms with Gasteiger partial charge in [0, 0.05) is 11.6 Å². The fraction of sp³-hybridized carbons (Fsp3) is 0. The van der Waals surface area contributed by atoms with Crippen molar-refractivity contribution in [3.63, 3.8) is 0 Å². The van der Waals surface area contributed by atoms with Gasteiger partial charge in [0.15, 0.2) is 0 Å². The highest BCUT2D eigenvalue weighted by Gasteiger charge is 2.15. The molecule has 0 aliphatic carbocycles. The molecule has 1 heterocycles. The summed E-state index contributed by atoms with van der Waals surface area (Å²) in [5.41, 5.74) is 5.98. The summed E-state index contributed by atoms with van der Waals surface area (Å²) < 4.78 is 0. The van der Waals surface area contributed by atoms with Gasteiger partial charge in [-0.1, -0.05) is 23.2 Å². The van der Waals surface area contributed by atoms with Crippen molar-refractivity contribution < 1.29 is 4.79 Å². The molecule has 0 radical (unpaired) electrons. The zero-order valence-electron chi connectivity index (χ0n) is 6.97. The molecule has 0 saturated heterocycles. The van der Waals surface area contributed by atoms with Gasteiger partial charge in [0.25, 0.3) is 5.91 Å². The van der Waals surface area contributed by atoms with Crippen LogP contribution in [-0.2, 0) is 0 Å². The van der Waals surface area contributed by atoms with Gasteiger partial charge in [0.05, 0.1) is 21.1 Å². The van der Waals surface area contributed by atoms with Gasteiger partial charge < -0.3 is 10.7 Å². The van der Waals surface area contributed by atoms with Gasteiger partial charge in [-0.2, -0.15) is 0 Å². The van der Waals surface area contributed by atoms with E-state index < -0.39 is 5.91 Å². The number of hydrogen-bond acceptors (Lipinski definition) is 1. The fourth-order valence-corrected chi connectivity index (χ4v) is 2.07. The number of primary amides is 1. The Morgan fingerprint density at radius 3 is 2.79 bits per heavy atom. The summed E-state index contributed by atoms with van der Waals surface area (Å²) in [5, 5.41) is 1.39. The lowest BCUT2D eigenvalue weighted by Gasteiger charge is -2.03. The fourth-order valence-electron chi connectivity index (χ4n) is 1.36. The van der Waals surface area contributed by atoms with E-state index in [1.807, 2.05) is 6.07 Å². The number of nitrogens with one attached hydrogen (secondary N) is 1. The number of carbonyl (C=O) groups excluding carboxylic acids is 1. The van der Waals surface area contributed by atoms with Crippen LogP contribution in [0.1, 0.15) is 10.4 Å². The van der Waals surface area contributed by atoms with Crippen molar-refractivity contribution in [1.82, 2.24) is 4.98 Å². The van der Waals surface area contributed by atoms with Crippen LogP contribution in [0.2, 0.25) is 10.0 Å². The first-order valence-electron chi connectivity index (χ1n) is 3.86. The van der Waals surface area contributed by atoms with Gasteiger partial charge in [-0.15, -0.1) is 0 Å². The van der Waals surface area contributed by atoms with Gasteiger partial charge >= 0.3 is 0 Å². The molecule has 0 spiro atoms. The van der Waals surface area contributed by atoms with Crippen LogP contribution < -0.4 is 5.73 Å². The van der Waals surface area contributed by atoms with Crippen molar-refractivity contribution in [2.45, 2.75) is 0 Å². The first-order chi connectivity index (χ1) is 6.61. The lowest BCUT2D eigenvalue weighted by molar-refractivity contribution is 0.100. The average Bonchev–Trinajstić information content (AvgIpc) is 2.50. The van der Waals surface area contributed by atoms with Gasteiger partial charge in [0.1, 0.15) is 0 Å². The zero-order chi connectivity index (χ0) is 10.3. The molecule has 14 heavy (non-hydrogen) atoms. The predicted octanol–water partition coefficient (Wildman–Crippen LogP) is 2.57. The molecule has 0 atom stereocenters. The van der Waals surface area contributed by atoms with E-state index in [4.69, 9.17) is 28.9 Å². The van der Waals surface area contributed by atoms with Crippen molar-refractivity contribution in [3.8, 4) is 0 Å². The molecule has 3 N–H and O–H groups in total.